The molecule has 0 atom stereocenters. The lowest BCUT2D eigenvalue weighted by atomic mass is 10.1. The molecule has 0 spiro atoms. The molecule has 0 aliphatic carbocycles. The van der Waals surface area contributed by atoms with Gasteiger partial charge in [-0.2, -0.15) is 0 Å². The summed E-state index contributed by atoms with van der Waals surface area (Å²) < 4.78 is 5.77. The molecule has 2 aromatic carbocycles. The van der Waals surface area contributed by atoms with Gasteiger partial charge >= 0.3 is 0 Å². The van der Waals surface area contributed by atoms with E-state index < -0.39 is 0 Å². The second kappa shape index (κ2) is 4.80. The number of hydrogen-bond donors (Lipinski definition) is 0. The molecule has 88 valence electrons. The minimum atomic E-state index is 0.728. The average Bonchev–Trinajstić information content (AvgIpc) is 2.29. The molecule has 1 nitrogen and oxygen atoms in total. The number of benzene rings is 2. The lowest BCUT2D eigenvalue weighted by molar-refractivity contribution is 0.482. The maximum atomic E-state index is 6.06. The van der Waals surface area contributed by atoms with E-state index in [0.29, 0.717) is 0 Å². The van der Waals surface area contributed by atoms with Crippen molar-refractivity contribution in [1.82, 2.24) is 0 Å². The lowest BCUT2D eigenvalue weighted by Gasteiger charge is -2.09. The van der Waals surface area contributed by atoms with Crippen LogP contribution in [0.25, 0.3) is 0 Å². The third-order valence-corrected chi connectivity index (χ3v) is 3.26. The van der Waals surface area contributed by atoms with Gasteiger partial charge in [0.25, 0.3) is 0 Å². The average molecular weight is 247 g/mol. The molecule has 0 heterocycles. The molecule has 17 heavy (non-hydrogen) atoms. The van der Waals surface area contributed by atoms with Crippen LogP contribution in [-0.4, -0.2) is 0 Å². The lowest BCUT2D eigenvalue weighted by Crippen LogP contribution is -1.87. The molecule has 0 aromatic heterocycles. The second-order valence-electron chi connectivity index (χ2n) is 4.26. The zero-order valence-corrected chi connectivity index (χ0v) is 11.0. The minimum Gasteiger partial charge on any atom is -0.457 e. The summed E-state index contributed by atoms with van der Waals surface area (Å²) in [7, 11) is 0. The Kier molecular flexibility index (Phi) is 3.39. The van der Waals surface area contributed by atoms with E-state index in [2.05, 4.69) is 19.9 Å². The monoisotopic (exact) mass is 246 g/mol. The molecule has 0 fully saturated rings. The molecule has 0 unspecified atom stereocenters. The van der Waals surface area contributed by atoms with Gasteiger partial charge in [0.15, 0.2) is 0 Å². The summed E-state index contributed by atoms with van der Waals surface area (Å²) in [5.74, 6) is 1.61. The highest BCUT2D eigenvalue weighted by molar-refractivity contribution is 6.31. The van der Waals surface area contributed by atoms with Crippen molar-refractivity contribution in [2.45, 2.75) is 20.8 Å². The van der Waals surface area contributed by atoms with Crippen molar-refractivity contribution in [1.29, 1.82) is 0 Å². The second-order valence-corrected chi connectivity index (χ2v) is 4.67. The minimum absolute atomic E-state index is 0.728. The SMILES string of the molecule is Cc1ccc(Oc2ccc(C)c(Cl)c2)cc1C. The van der Waals surface area contributed by atoms with Gasteiger partial charge in [-0.1, -0.05) is 23.7 Å². The van der Waals surface area contributed by atoms with E-state index in [0.717, 1.165) is 22.1 Å². The fourth-order valence-electron chi connectivity index (χ4n) is 1.55. The van der Waals surface area contributed by atoms with E-state index in [1.54, 1.807) is 0 Å². The van der Waals surface area contributed by atoms with E-state index in [9.17, 15) is 0 Å². The smallest absolute Gasteiger partial charge is 0.128 e. The number of ether oxygens (including phenoxy) is 1. The predicted octanol–water partition coefficient (Wildman–Crippen LogP) is 5.06. The molecule has 0 saturated heterocycles. The molecule has 0 aliphatic rings. The standard InChI is InChI=1S/C15H15ClO/c1-10-4-6-13(8-12(10)3)17-14-7-5-11(2)15(16)9-14/h4-9H,1-3H3. The van der Waals surface area contributed by atoms with Crippen LogP contribution in [0.1, 0.15) is 16.7 Å². The zero-order valence-electron chi connectivity index (χ0n) is 10.3. The fraction of sp³-hybridized carbons (Fsp3) is 0.200. The first kappa shape index (κ1) is 12.0. The number of halogens is 1. The van der Waals surface area contributed by atoms with Crippen molar-refractivity contribution in [3.63, 3.8) is 0 Å². The Morgan fingerprint density at radius 2 is 1.35 bits per heavy atom. The van der Waals surface area contributed by atoms with Crippen LogP contribution in [0.4, 0.5) is 0 Å². The fourth-order valence-corrected chi connectivity index (χ4v) is 1.72. The third-order valence-electron chi connectivity index (χ3n) is 2.86. The largest absolute Gasteiger partial charge is 0.457 e. The molecule has 0 bridgehead atoms. The highest BCUT2D eigenvalue weighted by atomic mass is 35.5. The summed E-state index contributed by atoms with van der Waals surface area (Å²) in [5.41, 5.74) is 3.54. The van der Waals surface area contributed by atoms with Crippen LogP contribution in [0.3, 0.4) is 0 Å². The first-order valence-corrected chi connectivity index (χ1v) is 5.95. The van der Waals surface area contributed by atoms with Gasteiger partial charge in [0.05, 0.1) is 0 Å². The van der Waals surface area contributed by atoms with E-state index in [1.165, 1.54) is 11.1 Å². The van der Waals surface area contributed by atoms with Crippen LogP contribution >= 0.6 is 11.6 Å². The number of rotatable bonds is 2. The summed E-state index contributed by atoms with van der Waals surface area (Å²) in [6.07, 6.45) is 0. The summed E-state index contributed by atoms with van der Waals surface area (Å²) in [6.45, 7) is 6.13. The maximum absolute atomic E-state index is 6.06. The van der Waals surface area contributed by atoms with Crippen LogP contribution in [0.2, 0.25) is 5.02 Å². The van der Waals surface area contributed by atoms with E-state index >= 15 is 0 Å². The predicted molar refractivity (Wildman–Crippen MR) is 72.2 cm³/mol. The molecule has 2 rings (SSSR count). The van der Waals surface area contributed by atoms with E-state index in [1.807, 2.05) is 37.3 Å². The molecular formula is C15H15ClO. The van der Waals surface area contributed by atoms with E-state index in [-0.39, 0.29) is 0 Å². The third kappa shape index (κ3) is 2.80. The van der Waals surface area contributed by atoms with Gasteiger partial charge in [0.1, 0.15) is 11.5 Å². The van der Waals surface area contributed by atoms with Crippen molar-refractivity contribution >= 4 is 11.6 Å². The van der Waals surface area contributed by atoms with Crippen molar-refractivity contribution < 1.29 is 4.74 Å². The Balaban J connectivity index is 2.25. The first-order valence-electron chi connectivity index (χ1n) is 5.57. The zero-order chi connectivity index (χ0) is 12.4. The van der Waals surface area contributed by atoms with Gasteiger partial charge in [-0.05, 0) is 61.7 Å². The number of hydrogen-bond acceptors (Lipinski definition) is 1. The van der Waals surface area contributed by atoms with Crippen LogP contribution < -0.4 is 4.74 Å². The van der Waals surface area contributed by atoms with Crippen molar-refractivity contribution in [2.75, 3.05) is 0 Å². The first-order chi connectivity index (χ1) is 8.06. The Morgan fingerprint density at radius 3 is 1.94 bits per heavy atom. The van der Waals surface area contributed by atoms with Gasteiger partial charge in [0, 0.05) is 5.02 Å². The number of aryl methyl sites for hydroxylation is 3. The van der Waals surface area contributed by atoms with Gasteiger partial charge < -0.3 is 4.74 Å². The molecule has 2 heteroatoms. The Bertz CT molecular complexity index is 497. The van der Waals surface area contributed by atoms with Gasteiger partial charge in [-0.25, -0.2) is 0 Å². The summed E-state index contributed by atoms with van der Waals surface area (Å²) >= 11 is 6.06. The molecule has 2 aromatic rings. The van der Waals surface area contributed by atoms with Crippen LogP contribution in [0.5, 0.6) is 11.5 Å². The van der Waals surface area contributed by atoms with Crippen molar-refractivity contribution in [3.05, 3.63) is 58.1 Å². The summed E-state index contributed by atoms with van der Waals surface area (Å²) in [4.78, 5) is 0. The maximum Gasteiger partial charge on any atom is 0.128 e. The Hall–Kier alpha value is -1.47. The Morgan fingerprint density at radius 1 is 0.765 bits per heavy atom. The molecule has 0 N–H and O–H groups in total. The highest BCUT2D eigenvalue weighted by Crippen LogP contribution is 2.27. The quantitative estimate of drug-likeness (QED) is 0.720. The Labute approximate surface area is 107 Å². The summed E-state index contributed by atoms with van der Waals surface area (Å²) in [5, 5.41) is 0.728. The van der Waals surface area contributed by atoms with Gasteiger partial charge in [-0.3, -0.25) is 0 Å². The van der Waals surface area contributed by atoms with Gasteiger partial charge in [0.2, 0.25) is 0 Å². The summed E-state index contributed by atoms with van der Waals surface area (Å²) in [6, 6.07) is 11.8. The normalized spacial score (nSPS) is 10.4. The van der Waals surface area contributed by atoms with Crippen LogP contribution in [-0.2, 0) is 0 Å². The highest BCUT2D eigenvalue weighted by Gasteiger charge is 2.02. The topological polar surface area (TPSA) is 9.23 Å². The van der Waals surface area contributed by atoms with Crippen LogP contribution in [0.15, 0.2) is 36.4 Å². The molecule has 0 radical (unpaired) electrons. The van der Waals surface area contributed by atoms with Gasteiger partial charge in [-0.15, -0.1) is 0 Å². The molecular weight excluding hydrogens is 232 g/mol. The van der Waals surface area contributed by atoms with Crippen LogP contribution in [0, 0.1) is 20.8 Å². The van der Waals surface area contributed by atoms with Crippen molar-refractivity contribution in [2.24, 2.45) is 0 Å². The van der Waals surface area contributed by atoms with E-state index in [4.69, 9.17) is 16.3 Å². The molecule has 0 saturated carbocycles. The van der Waals surface area contributed by atoms with Crippen molar-refractivity contribution in [3.8, 4) is 11.5 Å². The molecule has 0 aliphatic heterocycles. The molecule has 0 amide bonds.